The van der Waals surface area contributed by atoms with Gasteiger partial charge in [-0.25, -0.2) is 0 Å². The third kappa shape index (κ3) is 3.04. The van der Waals surface area contributed by atoms with Gasteiger partial charge in [0.2, 0.25) is 0 Å². The van der Waals surface area contributed by atoms with E-state index in [1.807, 2.05) is 26.0 Å². The molecule has 110 valence electrons. The highest BCUT2D eigenvalue weighted by molar-refractivity contribution is 5.99. The van der Waals surface area contributed by atoms with Crippen LogP contribution in [0.4, 0.5) is 5.69 Å². The van der Waals surface area contributed by atoms with Crippen LogP contribution in [0.3, 0.4) is 0 Å². The van der Waals surface area contributed by atoms with Gasteiger partial charge in [-0.3, -0.25) is 4.79 Å². The Bertz CT molecular complexity index is 474. The summed E-state index contributed by atoms with van der Waals surface area (Å²) in [5, 5.41) is 12.2. The molecule has 1 heterocycles. The molecule has 0 aliphatic carbocycles. The lowest BCUT2D eigenvalue weighted by Crippen LogP contribution is -2.38. The monoisotopic (exact) mass is 278 g/mol. The standard InChI is InChI=1S/C15H22N2O3/c1-11(2)17(8-4-9-18)15(19)12-5-3-6-13-14(12)20-10-7-16-13/h3,5-6,11,16,18H,4,7-10H2,1-2H3. The Hall–Kier alpha value is -1.75. The molecule has 0 fully saturated rings. The van der Waals surface area contributed by atoms with Crippen LogP contribution in [0.15, 0.2) is 18.2 Å². The van der Waals surface area contributed by atoms with Gasteiger partial charge in [0, 0.05) is 25.7 Å². The molecule has 0 saturated carbocycles. The first-order valence-corrected chi connectivity index (χ1v) is 7.06. The lowest BCUT2D eigenvalue weighted by atomic mass is 10.1. The average Bonchev–Trinajstić information content (AvgIpc) is 2.46. The molecule has 2 rings (SSSR count). The van der Waals surface area contributed by atoms with Crippen molar-refractivity contribution in [2.75, 3.05) is 31.6 Å². The zero-order valence-corrected chi connectivity index (χ0v) is 12.1. The number of hydrogen-bond acceptors (Lipinski definition) is 4. The molecule has 5 heteroatoms. The van der Waals surface area contributed by atoms with Crippen molar-refractivity contribution in [1.82, 2.24) is 4.90 Å². The Labute approximate surface area is 119 Å². The molecule has 0 radical (unpaired) electrons. The largest absolute Gasteiger partial charge is 0.489 e. The van der Waals surface area contributed by atoms with E-state index in [4.69, 9.17) is 9.84 Å². The minimum atomic E-state index is -0.0472. The highest BCUT2D eigenvalue weighted by Gasteiger charge is 2.24. The quantitative estimate of drug-likeness (QED) is 0.861. The van der Waals surface area contributed by atoms with Crippen LogP contribution in [0.2, 0.25) is 0 Å². The van der Waals surface area contributed by atoms with Gasteiger partial charge >= 0.3 is 0 Å². The van der Waals surface area contributed by atoms with Crippen LogP contribution in [0.5, 0.6) is 5.75 Å². The molecule has 0 saturated heterocycles. The molecule has 1 amide bonds. The van der Waals surface area contributed by atoms with Gasteiger partial charge in [0.1, 0.15) is 6.61 Å². The third-order valence-corrected chi connectivity index (χ3v) is 3.35. The van der Waals surface area contributed by atoms with E-state index < -0.39 is 0 Å². The minimum absolute atomic E-state index is 0.0472. The number of benzene rings is 1. The number of anilines is 1. The van der Waals surface area contributed by atoms with Crippen LogP contribution < -0.4 is 10.1 Å². The van der Waals surface area contributed by atoms with E-state index in [0.29, 0.717) is 30.9 Å². The third-order valence-electron chi connectivity index (χ3n) is 3.35. The highest BCUT2D eigenvalue weighted by Crippen LogP contribution is 2.32. The summed E-state index contributed by atoms with van der Waals surface area (Å²) >= 11 is 0. The van der Waals surface area contributed by atoms with Gasteiger partial charge in [-0.2, -0.15) is 0 Å². The molecule has 1 aromatic carbocycles. The maximum absolute atomic E-state index is 12.7. The topological polar surface area (TPSA) is 61.8 Å². The molecule has 0 aromatic heterocycles. The number of nitrogens with zero attached hydrogens (tertiary/aromatic N) is 1. The molecule has 1 aliphatic heterocycles. The Balaban J connectivity index is 2.27. The predicted octanol–water partition coefficient (Wildman–Crippen LogP) is 1.72. The van der Waals surface area contributed by atoms with Crippen molar-refractivity contribution >= 4 is 11.6 Å². The van der Waals surface area contributed by atoms with Crippen molar-refractivity contribution in [3.05, 3.63) is 23.8 Å². The summed E-state index contributed by atoms with van der Waals surface area (Å²) in [6.07, 6.45) is 0.581. The number of para-hydroxylation sites is 1. The molecular formula is C15H22N2O3. The minimum Gasteiger partial charge on any atom is -0.489 e. The van der Waals surface area contributed by atoms with Crippen molar-refractivity contribution < 1.29 is 14.6 Å². The van der Waals surface area contributed by atoms with Crippen LogP contribution in [0.25, 0.3) is 0 Å². The summed E-state index contributed by atoms with van der Waals surface area (Å²) in [5.74, 6) is 0.590. The first-order valence-electron chi connectivity index (χ1n) is 7.06. The Morgan fingerprint density at radius 3 is 3.00 bits per heavy atom. The summed E-state index contributed by atoms with van der Waals surface area (Å²) in [6.45, 7) is 5.90. The molecule has 5 nitrogen and oxygen atoms in total. The van der Waals surface area contributed by atoms with Crippen LogP contribution in [-0.4, -0.2) is 48.3 Å². The Kier molecular flexibility index (Phi) is 4.84. The number of hydrogen-bond donors (Lipinski definition) is 2. The molecule has 0 spiro atoms. The summed E-state index contributed by atoms with van der Waals surface area (Å²) in [5.41, 5.74) is 1.45. The lowest BCUT2D eigenvalue weighted by Gasteiger charge is -2.29. The van der Waals surface area contributed by atoms with Crippen molar-refractivity contribution in [2.24, 2.45) is 0 Å². The van der Waals surface area contributed by atoms with Gasteiger partial charge in [-0.05, 0) is 32.4 Å². The van der Waals surface area contributed by atoms with E-state index in [1.54, 1.807) is 11.0 Å². The van der Waals surface area contributed by atoms with Gasteiger partial charge in [0.15, 0.2) is 5.75 Å². The molecule has 0 bridgehead atoms. The maximum Gasteiger partial charge on any atom is 0.257 e. The number of nitrogens with one attached hydrogen (secondary N) is 1. The molecular weight excluding hydrogens is 256 g/mol. The first-order chi connectivity index (χ1) is 9.65. The number of aliphatic hydroxyl groups excluding tert-OH is 1. The maximum atomic E-state index is 12.7. The van der Waals surface area contributed by atoms with Gasteiger partial charge in [-0.15, -0.1) is 0 Å². The van der Waals surface area contributed by atoms with Crippen molar-refractivity contribution in [2.45, 2.75) is 26.3 Å². The predicted molar refractivity (Wildman–Crippen MR) is 78.3 cm³/mol. The molecule has 2 N–H and O–H groups in total. The number of rotatable bonds is 5. The van der Waals surface area contributed by atoms with Crippen molar-refractivity contribution in [1.29, 1.82) is 0 Å². The zero-order valence-electron chi connectivity index (χ0n) is 12.1. The summed E-state index contributed by atoms with van der Waals surface area (Å²) in [4.78, 5) is 14.5. The fraction of sp³-hybridized carbons (Fsp3) is 0.533. The van der Waals surface area contributed by atoms with Crippen LogP contribution in [0, 0.1) is 0 Å². The van der Waals surface area contributed by atoms with Gasteiger partial charge in [0.05, 0.1) is 11.3 Å². The fourth-order valence-corrected chi connectivity index (χ4v) is 2.33. The number of amides is 1. The fourth-order valence-electron chi connectivity index (χ4n) is 2.33. The van der Waals surface area contributed by atoms with E-state index in [1.165, 1.54) is 0 Å². The van der Waals surface area contributed by atoms with E-state index in [0.717, 1.165) is 12.2 Å². The summed E-state index contributed by atoms with van der Waals surface area (Å²) < 4.78 is 5.65. The molecule has 1 aromatic rings. The zero-order chi connectivity index (χ0) is 14.5. The number of carbonyl (C=O) groups is 1. The van der Waals surface area contributed by atoms with E-state index in [-0.39, 0.29) is 18.6 Å². The van der Waals surface area contributed by atoms with Crippen molar-refractivity contribution in [3.8, 4) is 5.75 Å². The second-order valence-electron chi connectivity index (χ2n) is 5.13. The highest BCUT2D eigenvalue weighted by atomic mass is 16.5. The van der Waals surface area contributed by atoms with Crippen LogP contribution in [-0.2, 0) is 0 Å². The first kappa shape index (κ1) is 14.7. The molecule has 0 atom stereocenters. The second-order valence-corrected chi connectivity index (χ2v) is 5.13. The van der Waals surface area contributed by atoms with Crippen LogP contribution in [0.1, 0.15) is 30.6 Å². The Morgan fingerprint density at radius 2 is 2.30 bits per heavy atom. The van der Waals surface area contributed by atoms with Gasteiger partial charge in [-0.1, -0.05) is 6.07 Å². The lowest BCUT2D eigenvalue weighted by molar-refractivity contribution is 0.0688. The SMILES string of the molecule is CC(C)N(CCCO)C(=O)c1cccc2c1OCCN2. The summed E-state index contributed by atoms with van der Waals surface area (Å²) in [6, 6.07) is 5.65. The number of aliphatic hydroxyl groups is 1. The number of ether oxygens (including phenoxy) is 1. The van der Waals surface area contributed by atoms with E-state index in [9.17, 15) is 4.79 Å². The van der Waals surface area contributed by atoms with Gasteiger partial charge in [0.25, 0.3) is 5.91 Å². The summed E-state index contributed by atoms with van der Waals surface area (Å²) in [7, 11) is 0. The number of fused-ring (bicyclic) bond motifs is 1. The molecule has 0 unspecified atom stereocenters. The van der Waals surface area contributed by atoms with Crippen LogP contribution >= 0.6 is 0 Å². The number of carbonyl (C=O) groups excluding carboxylic acids is 1. The van der Waals surface area contributed by atoms with E-state index >= 15 is 0 Å². The van der Waals surface area contributed by atoms with Gasteiger partial charge < -0.3 is 20.1 Å². The average molecular weight is 278 g/mol. The van der Waals surface area contributed by atoms with E-state index in [2.05, 4.69) is 5.32 Å². The second kappa shape index (κ2) is 6.61. The molecule has 1 aliphatic rings. The Morgan fingerprint density at radius 1 is 1.50 bits per heavy atom. The smallest absolute Gasteiger partial charge is 0.257 e. The normalized spacial score (nSPS) is 13.4. The molecule has 20 heavy (non-hydrogen) atoms. The van der Waals surface area contributed by atoms with Crippen molar-refractivity contribution in [3.63, 3.8) is 0 Å².